The second-order valence-electron chi connectivity index (χ2n) is 7.09. The SMILES string of the molecule is Cc1ccc(C)c(OC(=O)C2CCCN(S(=O)(=O)c3ccccc3)C2)c1C. The molecule has 3 rings (SSSR count). The molecular weight excluding hydrogens is 362 g/mol. The van der Waals surface area contributed by atoms with Gasteiger partial charge >= 0.3 is 5.97 Å². The molecule has 0 bridgehead atoms. The number of carbonyl (C=O) groups excluding carboxylic acids is 1. The molecule has 1 unspecified atom stereocenters. The smallest absolute Gasteiger partial charge is 0.315 e. The van der Waals surface area contributed by atoms with Gasteiger partial charge in [0.05, 0.1) is 10.8 Å². The van der Waals surface area contributed by atoms with Gasteiger partial charge in [0, 0.05) is 13.1 Å². The van der Waals surface area contributed by atoms with E-state index in [4.69, 9.17) is 4.74 Å². The van der Waals surface area contributed by atoms with Crippen LogP contribution in [0.25, 0.3) is 0 Å². The van der Waals surface area contributed by atoms with E-state index < -0.39 is 15.9 Å². The molecule has 0 spiro atoms. The number of carbonyl (C=O) groups is 1. The van der Waals surface area contributed by atoms with Crippen molar-refractivity contribution in [1.82, 2.24) is 4.31 Å². The van der Waals surface area contributed by atoms with Crippen molar-refractivity contribution in [2.24, 2.45) is 5.92 Å². The number of rotatable bonds is 4. The van der Waals surface area contributed by atoms with E-state index in [0.29, 0.717) is 25.1 Å². The van der Waals surface area contributed by atoms with Crippen LogP contribution in [0.15, 0.2) is 47.4 Å². The third-order valence-corrected chi connectivity index (χ3v) is 7.05. The first-order valence-electron chi connectivity index (χ1n) is 9.14. The van der Waals surface area contributed by atoms with Gasteiger partial charge in [-0.1, -0.05) is 30.3 Å². The molecule has 5 nitrogen and oxygen atoms in total. The van der Waals surface area contributed by atoms with Crippen LogP contribution in [0.5, 0.6) is 5.75 Å². The molecule has 0 amide bonds. The zero-order valence-electron chi connectivity index (χ0n) is 15.9. The van der Waals surface area contributed by atoms with Crippen LogP contribution in [0, 0.1) is 26.7 Å². The topological polar surface area (TPSA) is 63.7 Å². The number of hydrogen-bond acceptors (Lipinski definition) is 4. The molecule has 27 heavy (non-hydrogen) atoms. The maximum atomic E-state index is 12.8. The zero-order valence-corrected chi connectivity index (χ0v) is 16.8. The summed E-state index contributed by atoms with van der Waals surface area (Å²) in [5.41, 5.74) is 2.89. The number of nitrogens with zero attached hydrogens (tertiary/aromatic N) is 1. The Bertz CT molecular complexity index is 938. The molecule has 2 aromatic rings. The fourth-order valence-corrected chi connectivity index (χ4v) is 4.91. The lowest BCUT2D eigenvalue weighted by molar-refractivity contribution is -0.140. The first-order chi connectivity index (χ1) is 12.8. The number of esters is 1. The zero-order chi connectivity index (χ0) is 19.6. The van der Waals surface area contributed by atoms with E-state index in [1.807, 2.05) is 32.9 Å². The van der Waals surface area contributed by atoms with Crippen molar-refractivity contribution in [3.8, 4) is 5.75 Å². The van der Waals surface area contributed by atoms with Crippen LogP contribution in [0.3, 0.4) is 0 Å². The van der Waals surface area contributed by atoms with Crippen molar-refractivity contribution in [2.45, 2.75) is 38.5 Å². The number of ether oxygens (including phenoxy) is 1. The van der Waals surface area contributed by atoms with E-state index in [9.17, 15) is 13.2 Å². The van der Waals surface area contributed by atoms with Gasteiger partial charge in [-0.3, -0.25) is 4.79 Å². The summed E-state index contributed by atoms with van der Waals surface area (Å²) < 4.78 is 32.8. The maximum Gasteiger partial charge on any atom is 0.315 e. The summed E-state index contributed by atoms with van der Waals surface area (Å²) in [4.78, 5) is 13.0. The molecule has 1 aliphatic heterocycles. The van der Waals surface area contributed by atoms with E-state index in [1.165, 1.54) is 4.31 Å². The van der Waals surface area contributed by atoms with Crippen LogP contribution in [-0.2, 0) is 14.8 Å². The van der Waals surface area contributed by atoms with Crippen LogP contribution in [0.4, 0.5) is 0 Å². The number of benzene rings is 2. The van der Waals surface area contributed by atoms with Gasteiger partial charge in [0.2, 0.25) is 10.0 Å². The highest BCUT2D eigenvalue weighted by Crippen LogP contribution is 2.29. The maximum absolute atomic E-state index is 12.8. The summed E-state index contributed by atoms with van der Waals surface area (Å²) in [5.74, 6) is -0.237. The summed E-state index contributed by atoms with van der Waals surface area (Å²) in [6.07, 6.45) is 1.27. The average molecular weight is 388 g/mol. The Labute approximate surface area is 161 Å². The fraction of sp³-hybridized carbons (Fsp3) is 0.381. The molecule has 0 aliphatic carbocycles. The molecule has 1 aliphatic rings. The van der Waals surface area contributed by atoms with Gasteiger partial charge in [-0.05, 0) is 62.4 Å². The largest absolute Gasteiger partial charge is 0.426 e. The van der Waals surface area contributed by atoms with Crippen LogP contribution in [0.2, 0.25) is 0 Å². The van der Waals surface area contributed by atoms with Crippen molar-refractivity contribution in [3.05, 3.63) is 59.2 Å². The van der Waals surface area contributed by atoms with Crippen molar-refractivity contribution in [2.75, 3.05) is 13.1 Å². The van der Waals surface area contributed by atoms with Gasteiger partial charge in [-0.15, -0.1) is 0 Å². The highest BCUT2D eigenvalue weighted by Gasteiger charge is 2.34. The summed E-state index contributed by atoms with van der Waals surface area (Å²) in [6, 6.07) is 12.3. The minimum atomic E-state index is -3.60. The predicted molar refractivity (Wildman–Crippen MR) is 104 cm³/mol. The Morgan fingerprint density at radius 3 is 2.41 bits per heavy atom. The van der Waals surface area contributed by atoms with Crippen LogP contribution < -0.4 is 4.74 Å². The van der Waals surface area contributed by atoms with Crippen LogP contribution >= 0.6 is 0 Å². The van der Waals surface area contributed by atoms with E-state index >= 15 is 0 Å². The van der Waals surface area contributed by atoms with E-state index in [0.717, 1.165) is 16.7 Å². The first-order valence-corrected chi connectivity index (χ1v) is 10.6. The molecule has 144 valence electrons. The van der Waals surface area contributed by atoms with Crippen LogP contribution in [-0.4, -0.2) is 31.8 Å². The summed E-state index contributed by atoms with van der Waals surface area (Å²) >= 11 is 0. The van der Waals surface area contributed by atoms with Crippen molar-refractivity contribution in [3.63, 3.8) is 0 Å². The number of piperidine rings is 1. The van der Waals surface area contributed by atoms with Gasteiger partial charge < -0.3 is 4.74 Å². The van der Waals surface area contributed by atoms with Gasteiger partial charge in [0.25, 0.3) is 0 Å². The Balaban J connectivity index is 1.77. The lowest BCUT2D eigenvalue weighted by Crippen LogP contribution is -2.43. The third kappa shape index (κ3) is 4.06. The van der Waals surface area contributed by atoms with Crippen molar-refractivity contribution in [1.29, 1.82) is 0 Å². The highest BCUT2D eigenvalue weighted by molar-refractivity contribution is 7.89. The number of aryl methyl sites for hydroxylation is 2. The molecule has 6 heteroatoms. The van der Waals surface area contributed by atoms with E-state index in [1.54, 1.807) is 30.3 Å². The van der Waals surface area contributed by atoms with Gasteiger partial charge in [-0.2, -0.15) is 4.31 Å². The second kappa shape index (κ2) is 7.82. The Morgan fingerprint density at radius 2 is 1.70 bits per heavy atom. The normalized spacial score (nSPS) is 18.3. The van der Waals surface area contributed by atoms with Crippen molar-refractivity contribution < 1.29 is 17.9 Å². The minimum absolute atomic E-state index is 0.153. The quantitative estimate of drug-likeness (QED) is 0.594. The Hall–Kier alpha value is -2.18. The number of hydrogen-bond donors (Lipinski definition) is 0. The second-order valence-corrected chi connectivity index (χ2v) is 9.03. The third-order valence-electron chi connectivity index (χ3n) is 5.17. The molecule has 1 saturated heterocycles. The predicted octanol–water partition coefficient (Wildman–Crippen LogP) is 3.62. The Morgan fingerprint density at radius 1 is 1.04 bits per heavy atom. The van der Waals surface area contributed by atoms with Gasteiger partial charge in [0.1, 0.15) is 5.75 Å². The lowest BCUT2D eigenvalue weighted by atomic mass is 9.99. The molecule has 0 saturated carbocycles. The van der Waals surface area contributed by atoms with Gasteiger partial charge in [0.15, 0.2) is 0 Å². The number of sulfonamides is 1. The Kier molecular flexibility index (Phi) is 5.67. The molecule has 1 heterocycles. The summed E-state index contributed by atoms with van der Waals surface area (Å²) in [7, 11) is -3.60. The monoisotopic (exact) mass is 387 g/mol. The summed E-state index contributed by atoms with van der Waals surface area (Å²) in [6.45, 7) is 6.38. The molecule has 0 radical (unpaired) electrons. The summed E-state index contributed by atoms with van der Waals surface area (Å²) in [5, 5.41) is 0. The minimum Gasteiger partial charge on any atom is -0.426 e. The molecule has 0 N–H and O–H groups in total. The van der Waals surface area contributed by atoms with E-state index in [-0.39, 0.29) is 17.4 Å². The molecule has 0 aromatic heterocycles. The van der Waals surface area contributed by atoms with Crippen molar-refractivity contribution >= 4 is 16.0 Å². The van der Waals surface area contributed by atoms with E-state index in [2.05, 4.69) is 0 Å². The van der Waals surface area contributed by atoms with Crippen LogP contribution in [0.1, 0.15) is 29.5 Å². The highest BCUT2D eigenvalue weighted by atomic mass is 32.2. The van der Waals surface area contributed by atoms with Gasteiger partial charge in [-0.25, -0.2) is 8.42 Å². The molecule has 1 fully saturated rings. The molecule has 2 aromatic carbocycles. The standard InChI is InChI=1S/C21H25NO4S/c1-15-11-12-16(2)20(17(15)3)26-21(23)18-8-7-13-22(14-18)27(24,25)19-9-5-4-6-10-19/h4-6,9-12,18H,7-8,13-14H2,1-3H3. The molecular formula is C21H25NO4S. The first kappa shape index (κ1) is 19.6. The molecule has 1 atom stereocenters. The fourth-order valence-electron chi connectivity index (χ4n) is 3.36. The average Bonchev–Trinajstić information content (AvgIpc) is 2.69. The lowest BCUT2D eigenvalue weighted by Gasteiger charge is -2.31.